The third-order valence-corrected chi connectivity index (χ3v) is 10.1. The fraction of sp³-hybridized carbons (Fsp3) is 0.613. The number of allylic oxidation sites excluding steroid dienone is 2. The largest absolute Gasteiger partial charge is 0.504 e. The first-order valence-corrected chi connectivity index (χ1v) is 16.0. The van der Waals surface area contributed by atoms with Crippen molar-refractivity contribution in [2.24, 2.45) is 17.8 Å². The number of likely N-dealkylation sites (tertiary alicyclic amines) is 1. The molecule has 4 aliphatic rings. The average Bonchev–Trinajstić information content (AvgIpc) is 3.18. The Morgan fingerprint density at radius 3 is 2.65 bits per heavy atom. The van der Waals surface area contributed by atoms with Crippen LogP contribution in [-0.2, 0) is 14.2 Å². The van der Waals surface area contributed by atoms with Crippen LogP contribution >= 0.6 is 22.6 Å². The van der Waals surface area contributed by atoms with Crippen LogP contribution in [-0.4, -0.2) is 53.2 Å². The molecule has 4 atom stereocenters. The highest BCUT2D eigenvalue weighted by Crippen LogP contribution is 2.52. The van der Waals surface area contributed by atoms with Crippen LogP contribution in [0.4, 0.5) is 0 Å². The fourth-order valence-corrected chi connectivity index (χ4v) is 8.20. The molecule has 1 saturated carbocycles. The molecular weight excluding hydrogens is 620 g/mol. The van der Waals surface area contributed by atoms with Gasteiger partial charge in [0.15, 0.2) is 11.5 Å². The Morgan fingerprint density at radius 2 is 1.95 bits per heavy atom. The van der Waals surface area contributed by atoms with Crippen molar-refractivity contribution in [1.82, 2.24) is 4.90 Å². The number of amides is 2. The van der Waals surface area contributed by atoms with Gasteiger partial charge in [-0.1, -0.05) is 49.8 Å². The van der Waals surface area contributed by atoms with Crippen LogP contribution in [0.25, 0.3) is 6.08 Å². The minimum Gasteiger partial charge on any atom is -0.504 e. The third kappa shape index (κ3) is 5.75. The maximum Gasteiger partial charge on any atom is 0.455 e. The second-order valence-electron chi connectivity index (χ2n) is 12.0. The Kier molecular flexibility index (Phi) is 9.32. The number of rotatable bonds is 8. The molecule has 2 saturated heterocycles. The number of hydrogen-bond acceptors (Lipinski definition) is 6. The quantitative estimate of drug-likeness (QED) is 0.151. The lowest BCUT2D eigenvalue weighted by Crippen LogP contribution is -2.46. The van der Waals surface area contributed by atoms with Crippen LogP contribution in [0.3, 0.4) is 0 Å². The van der Waals surface area contributed by atoms with E-state index in [0.717, 1.165) is 59.7 Å². The number of phenols is 1. The van der Waals surface area contributed by atoms with Gasteiger partial charge in [0.1, 0.15) is 0 Å². The SMILES string of the molecule is CCCC1=C2[C@@H](CC/C(C)=C/c3cc(I)c(O)c(OC)c3)OB(O)C[C@@H]2[C@@H]2C(=O)N(C3CCCCC3)C(=O)[C@@H]2C1. The number of carbonyl (C=O) groups is 2. The molecule has 0 unspecified atom stereocenters. The van der Waals surface area contributed by atoms with E-state index in [1.54, 1.807) is 12.0 Å². The number of benzene rings is 1. The van der Waals surface area contributed by atoms with Crippen molar-refractivity contribution in [3.05, 3.63) is 38.0 Å². The summed E-state index contributed by atoms with van der Waals surface area (Å²) in [4.78, 5) is 29.2. The second kappa shape index (κ2) is 12.6. The normalized spacial score (nSPS) is 27.8. The number of nitrogens with zero attached hydrogens (tertiary/aromatic N) is 1. The van der Waals surface area contributed by atoms with Gasteiger partial charge in [0, 0.05) is 6.04 Å². The molecule has 3 fully saturated rings. The van der Waals surface area contributed by atoms with Crippen LogP contribution in [0.1, 0.15) is 83.6 Å². The molecule has 0 aromatic heterocycles. The topological polar surface area (TPSA) is 96.3 Å². The van der Waals surface area contributed by atoms with E-state index in [9.17, 15) is 19.7 Å². The molecule has 1 aromatic rings. The number of hydrogen-bond donors (Lipinski definition) is 2. The minimum absolute atomic E-state index is 0.0141. The standard InChI is InChI=1S/C31H41BINO6/c1-4-8-20-16-22-28(31(37)34(30(22)36)21-9-6-5-7-10-21)23-17-32(38)40-25(27(20)23)12-11-18(2)13-19-14-24(33)29(35)26(15-19)39-3/h13-15,21-23,25,28,35,38H,4-12,16-17H2,1-3H3/b18-13+/t22-,23+,25-,28-/m1/s1. The molecule has 216 valence electrons. The van der Waals surface area contributed by atoms with Crippen LogP contribution in [0.5, 0.6) is 11.5 Å². The van der Waals surface area contributed by atoms with E-state index in [1.165, 1.54) is 17.6 Å². The Labute approximate surface area is 251 Å². The van der Waals surface area contributed by atoms with Crippen molar-refractivity contribution < 1.29 is 29.1 Å². The number of imide groups is 1. The van der Waals surface area contributed by atoms with Gasteiger partial charge in [-0.2, -0.15) is 0 Å². The number of methoxy groups -OCH3 is 1. The highest BCUT2D eigenvalue weighted by molar-refractivity contribution is 14.1. The van der Waals surface area contributed by atoms with Crippen molar-refractivity contribution in [2.75, 3.05) is 7.11 Å². The molecule has 40 heavy (non-hydrogen) atoms. The molecule has 0 bridgehead atoms. The molecule has 1 aromatic carbocycles. The number of ether oxygens (including phenoxy) is 1. The summed E-state index contributed by atoms with van der Waals surface area (Å²) in [6.07, 6.45) is 11.2. The molecule has 2 aliphatic carbocycles. The highest BCUT2D eigenvalue weighted by Gasteiger charge is 2.58. The lowest BCUT2D eigenvalue weighted by molar-refractivity contribution is -0.143. The van der Waals surface area contributed by atoms with Gasteiger partial charge in [-0.25, -0.2) is 0 Å². The Hall–Kier alpha value is -1.85. The van der Waals surface area contributed by atoms with E-state index in [0.29, 0.717) is 24.9 Å². The Bertz CT molecular complexity index is 1210. The molecule has 0 spiro atoms. The van der Waals surface area contributed by atoms with Crippen molar-refractivity contribution in [2.45, 2.75) is 96.5 Å². The van der Waals surface area contributed by atoms with Gasteiger partial charge in [-0.15, -0.1) is 0 Å². The number of carbonyl (C=O) groups excluding carboxylic acids is 2. The molecular formula is C31H41BINO6. The first kappa shape index (κ1) is 29.6. The predicted molar refractivity (Wildman–Crippen MR) is 164 cm³/mol. The van der Waals surface area contributed by atoms with Crippen LogP contribution < -0.4 is 4.74 Å². The molecule has 5 rings (SSSR count). The summed E-state index contributed by atoms with van der Waals surface area (Å²) in [6, 6.07) is 3.78. The maximum atomic E-state index is 13.9. The van der Waals surface area contributed by atoms with Gasteiger partial charge in [0.2, 0.25) is 11.8 Å². The van der Waals surface area contributed by atoms with Crippen molar-refractivity contribution in [3.63, 3.8) is 0 Å². The summed E-state index contributed by atoms with van der Waals surface area (Å²) in [7, 11) is 0.598. The van der Waals surface area contributed by atoms with E-state index >= 15 is 0 Å². The van der Waals surface area contributed by atoms with E-state index in [2.05, 4.69) is 42.5 Å². The monoisotopic (exact) mass is 661 g/mol. The summed E-state index contributed by atoms with van der Waals surface area (Å²) in [6.45, 7) is 4.22. The zero-order valence-corrected chi connectivity index (χ0v) is 26.0. The number of aromatic hydroxyl groups is 1. The molecule has 2 amide bonds. The fourth-order valence-electron chi connectivity index (χ4n) is 7.57. The van der Waals surface area contributed by atoms with E-state index in [4.69, 9.17) is 9.39 Å². The van der Waals surface area contributed by atoms with Gasteiger partial charge >= 0.3 is 7.12 Å². The second-order valence-corrected chi connectivity index (χ2v) is 13.2. The molecule has 2 aliphatic heterocycles. The Morgan fingerprint density at radius 1 is 1.20 bits per heavy atom. The molecule has 0 radical (unpaired) electrons. The summed E-state index contributed by atoms with van der Waals surface area (Å²) in [5, 5.41) is 21.0. The lowest BCUT2D eigenvalue weighted by Gasteiger charge is -2.43. The smallest absolute Gasteiger partial charge is 0.455 e. The van der Waals surface area contributed by atoms with E-state index in [1.807, 2.05) is 12.1 Å². The first-order valence-electron chi connectivity index (χ1n) is 14.9. The van der Waals surface area contributed by atoms with Gasteiger partial charge in [-0.3, -0.25) is 14.5 Å². The molecule has 9 heteroatoms. The predicted octanol–water partition coefficient (Wildman–Crippen LogP) is 6.12. The van der Waals surface area contributed by atoms with Gasteiger partial charge in [0.25, 0.3) is 0 Å². The van der Waals surface area contributed by atoms with Crippen molar-refractivity contribution in [3.8, 4) is 11.5 Å². The summed E-state index contributed by atoms with van der Waals surface area (Å²) < 4.78 is 12.2. The van der Waals surface area contributed by atoms with Gasteiger partial charge < -0.3 is 19.5 Å². The molecule has 7 nitrogen and oxygen atoms in total. The zero-order valence-electron chi connectivity index (χ0n) is 23.8. The van der Waals surface area contributed by atoms with Crippen molar-refractivity contribution >= 4 is 47.6 Å². The zero-order chi connectivity index (χ0) is 28.6. The minimum atomic E-state index is -0.945. The summed E-state index contributed by atoms with van der Waals surface area (Å²) >= 11 is 2.10. The third-order valence-electron chi connectivity index (χ3n) is 9.32. The highest BCUT2D eigenvalue weighted by atomic mass is 127. The number of phenolic OH excluding ortho intramolecular Hbond substituents is 1. The van der Waals surface area contributed by atoms with Crippen LogP contribution in [0.15, 0.2) is 28.9 Å². The Balaban J connectivity index is 1.39. The summed E-state index contributed by atoms with van der Waals surface area (Å²) in [5.41, 5.74) is 4.53. The molecule has 2 N–H and O–H groups in total. The average molecular weight is 661 g/mol. The van der Waals surface area contributed by atoms with E-state index in [-0.39, 0.29) is 47.5 Å². The van der Waals surface area contributed by atoms with Crippen LogP contribution in [0, 0.1) is 21.3 Å². The lowest BCUT2D eigenvalue weighted by atomic mass is 9.58. The first-order chi connectivity index (χ1) is 19.2. The number of fused-ring (bicyclic) bond motifs is 3. The van der Waals surface area contributed by atoms with Crippen LogP contribution in [0.2, 0.25) is 6.32 Å². The van der Waals surface area contributed by atoms with Gasteiger partial charge in [0.05, 0.1) is 28.6 Å². The molecule has 2 heterocycles. The van der Waals surface area contributed by atoms with Gasteiger partial charge in [-0.05, 0) is 104 Å². The summed E-state index contributed by atoms with van der Waals surface area (Å²) in [5.74, 6) is -0.243. The maximum absolute atomic E-state index is 13.9. The van der Waals surface area contributed by atoms with Crippen molar-refractivity contribution in [1.29, 1.82) is 0 Å². The number of halogens is 1. The van der Waals surface area contributed by atoms with E-state index < -0.39 is 7.12 Å².